The maximum absolute atomic E-state index is 15.3. The van der Waals surface area contributed by atoms with E-state index in [0.717, 1.165) is 19.6 Å². The molecule has 1 atom stereocenters. The first-order valence-corrected chi connectivity index (χ1v) is 14.7. The van der Waals surface area contributed by atoms with Crippen molar-refractivity contribution >= 4 is 22.8 Å². The number of carbonyl (C=O) groups excluding carboxylic acids is 1. The molecule has 2 aromatic heterocycles. The number of pyridine rings is 1. The fraction of sp³-hybridized carbons (Fsp3) is 0.516. The van der Waals surface area contributed by atoms with Gasteiger partial charge in [0.1, 0.15) is 23.8 Å². The molecule has 0 spiro atoms. The molecule has 5 heterocycles. The van der Waals surface area contributed by atoms with Crippen molar-refractivity contribution in [2.75, 3.05) is 31.5 Å². The van der Waals surface area contributed by atoms with Crippen molar-refractivity contribution in [3.8, 4) is 6.07 Å². The van der Waals surface area contributed by atoms with Crippen LogP contribution in [0.2, 0.25) is 0 Å². The predicted molar refractivity (Wildman–Crippen MR) is 154 cm³/mol. The number of rotatable bonds is 1. The van der Waals surface area contributed by atoms with E-state index in [9.17, 15) is 14.9 Å². The Kier molecular flexibility index (Phi) is 7.21. The highest BCUT2D eigenvalue weighted by atomic mass is 19.3. The van der Waals surface area contributed by atoms with Crippen LogP contribution in [-0.4, -0.2) is 51.5 Å². The van der Waals surface area contributed by atoms with Crippen LogP contribution in [-0.2, 0) is 22.7 Å². The summed E-state index contributed by atoms with van der Waals surface area (Å²) in [5.74, 6) is -2.24. The van der Waals surface area contributed by atoms with Gasteiger partial charge in [0.25, 0.3) is 11.5 Å². The van der Waals surface area contributed by atoms with Gasteiger partial charge in [0, 0.05) is 43.2 Å². The minimum absolute atomic E-state index is 0.00939. The zero-order valence-electron chi connectivity index (χ0n) is 23.9. The molecular formula is C31H35F2N7O2. The predicted octanol–water partition coefficient (Wildman–Crippen LogP) is 4.15. The number of nitrogens with zero attached hydrogens (tertiary/aromatic N) is 5. The van der Waals surface area contributed by atoms with Gasteiger partial charge in [-0.1, -0.05) is 18.2 Å². The first-order valence-electron chi connectivity index (χ1n) is 14.7. The molecule has 1 saturated heterocycles. The highest BCUT2D eigenvalue weighted by molar-refractivity contribution is 5.89. The first-order chi connectivity index (χ1) is 20.1. The minimum atomic E-state index is -2.95. The maximum Gasteiger partial charge on any atom is 0.273 e. The molecule has 2 N–H and O–H groups in total. The van der Waals surface area contributed by atoms with Crippen LogP contribution in [0, 0.1) is 24.2 Å². The Hall–Kier alpha value is -3.91. The number of aromatic nitrogens is 3. The second-order valence-electron chi connectivity index (χ2n) is 12.1. The molecule has 2 fully saturated rings. The third-order valence-electron chi connectivity index (χ3n) is 8.87. The second kappa shape index (κ2) is 10.7. The van der Waals surface area contributed by atoms with Crippen LogP contribution in [0.4, 0.5) is 14.6 Å². The summed E-state index contributed by atoms with van der Waals surface area (Å²) >= 11 is 0. The number of halogens is 2. The van der Waals surface area contributed by atoms with Crippen LogP contribution in [0.15, 0.2) is 35.1 Å². The van der Waals surface area contributed by atoms with E-state index in [1.165, 1.54) is 10.6 Å². The molecule has 220 valence electrons. The van der Waals surface area contributed by atoms with Gasteiger partial charge in [-0.25, -0.2) is 18.7 Å². The number of anilines is 1. The number of benzene rings is 1. The minimum Gasteiger partial charge on any atom is -0.363 e. The number of carbonyl (C=O) groups is 1. The van der Waals surface area contributed by atoms with Crippen LogP contribution >= 0.6 is 0 Å². The summed E-state index contributed by atoms with van der Waals surface area (Å²) in [5, 5.41) is 16.7. The van der Waals surface area contributed by atoms with Gasteiger partial charge in [0.05, 0.1) is 16.9 Å². The topological polar surface area (TPSA) is 116 Å². The summed E-state index contributed by atoms with van der Waals surface area (Å²) < 4.78 is 32.0. The number of hydrogen-bond donors (Lipinski definition) is 2. The molecule has 9 nitrogen and oxygen atoms in total. The third-order valence-corrected chi connectivity index (χ3v) is 8.87. The highest BCUT2D eigenvalue weighted by Gasteiger charge is 2.47. The van der Waals surface area contributed by atoms with E-state index in [-0.39, 0.29) is 36.0 Å². The highest BCUT2D eigenvalue weighted by Crippen LogP contribution is 2.47. The average Bonchev–Trinajstić information content (AvgIpc) is 3.73. The van der Waals surface area contributed by atoms with E-state index in [0.29, 0.717) is 60.4 Å². The number of hydrogen-bond acceptors (Lipinski definition) is 7. The monoisotopic (exact) mass is 575 g/mol. The number of amides is 1. The third kappa shape index (κ3) is 5.36. The Morgan fingerprint density at radius 2 is 1.90 bits per heavy atom. The van der Waals surface area contributed by atoms with Crippen molar-refractivity contribution < 1.29 is 13.6 Å². The molecule has 7 rings (SSSR count). The molecule has 1 aliphatic carbocycles. The molecule has 1 amide bonds. The van der Waals surface area contributed by atoms with Gasteiger partial charge in [0.15, 0.2) is 0 Å². The second-order valence-corrected chi connectivity index (χ2v) is 12.1. The molecule has 1 aromatic carbocycles. The number of alkyl halides is 2. The molecular weight excluding hydrogens is 540 g/mol. The fourth-order valence-corrected chi connectivity index (χ4v) is 6.14. The quantitative estimate of drug-likeness (QED) is 0.448. The van der Waals surface area contributed by atoms with Crippen molar-refractivity contribution in [2.24, 2.45) is 5.92 Å². The summed E-state index contributed by atoms with van der Waals surface area (Å²) in [6.07, 6.45) is 2.07. The smallest absolute Gasteiger partial charge is 0.273 e. The number of fused-ring (bicyclic) bond motifs is 8. The van der Waals surface area contributed by atoms with E-state index in [4.69, 9.17) is 0 Å². The summed E-state index contributed by atoms with van der Waals surface area (Å²) in [6, 6.07) is 10.0. The molecule has 42 heavy (non-hydrogen) atoms. The lowest BCUT2D eigenvalue weighted by atomic mass is 9.90. The number of aryl methyl sites for hydroxylation is 1. The van der Waals surface area contributed by atoms with Crippen molar-refractivity contribution in [2.45, 2.75) is 69.9 Å². The maximum atomic E-state index is 15.3. The number of nitrogens with one attached hydrogen (secondary N) is 2. The van der Waals surface area contributed by atoms with Crippen molar-refractivity contribution in [3.63, 3.8) is 0 Å². The van der Waals surface area contributed by atoms with E-state index in [1.54, 1.807) is 31.2 Å². The molecule has 3 aliphatic heterocycles. The fourth-order valence-electron chi connectivity index (χ4n) is 6.14. The van der Waals surface area contributed by atoms with Crippen molar-refractivity contribution in [1.82, 2.24) is 24.8 Å². The normalized spacial score (nSPS) is 25.3. The van der Waals surface area contributed by atoms with E-state index in [2.05, 4.69) is 31.6 Å². The Bertz CT molecular complexity index is 1640. The summed E-state index contributed by atoms with van der Waals surface area (Å²) in [5.41, 5.74) is -0.0496. The van der Waals surface area contributed by atoms with Gasteiger partial charge in [-0.3, -0.25) is 14.2 Å². The van der Waals surface area contributed by atoms with Gasteiger partial charge < -0.3 is 15.5 Å². The SMILES string of the molecule is Cc1nc2c3cc(C4(C#N)CC4)c(=O)n(c3n1)CC(=O)NCCCN1CC(CCC(F)(F)c3cccc(c3)[C@@H](C)N2)C1. The van der Waals surface area contributed by atoms with Gasteiger partial charge in [-0.15, -0.1) is 0 Å². The Labute approximate surface area is 242 Å². The van der Waals surface area contributed by atoms with Gasteiger partial charge in [-0.2, -0.15) is 5.26 Å². The van der Waals surface area contributed by atoms with Gasteiger partial charge in [0.2, 0.25) is 5.91 Å². The first kappa shape index (κ1) is 28.2. The summed E-state index contributed by atoms with van der Waals surface area (Å²) in [6.45, 7) is 6.07. The van der Waals surface area contributed by atoms with Gasteiger partial charge in [-0.05, 0) is 69.7 Å². The lowest BCUT2D eigenvalue weighted by Gasteiger charge is -2.40. The zero-order chi connectivity index (χ0) is 29.6. The lowest BCUT2D eigenvalue weighted by Crippen LogP contribution is -2.47. The molecule has 0 radical (unpaired) electrons. The molecule has 3 aromatic rings. The molecule has 0 unspecified atom stereocenters. The Balaban J connectivity index is 1.44. The standard InChI is InChI=1S/C31H35F2N7O2/c1-19-22-5-3-6-23(13-22)31(32,33)8-7-21-15-39(16-21)12-4-11-35-26(41)17-40-28-24(27(36-19)37-20(2)38-28)14-25(29(40)42)30(18-34)9-10-30/h3,5-6,13-14,19,21H,4,7-12,15-17H2,1-2H3,(H,35,41)(H,36,37,38)/t19-/m1/s1. The van der Waals surface area contributed by atoms with Crippen LogP contribution in [0.3, 0.4) is 0 Å². The molecule has 1 saturated carbocycles. The number of nitriles is 1. The van der Waals surface area contributed by atoms with Crippen LogP contribution in [0.25, 0.3) is 11.0 Å². The van der Waals surface area contributed by atoms with Gasteiger partial charge >= 0.3 is 0 Å². The Morgan fingerprint density at radius 3 is 2.64 bits per heavy atom. The molecule has 11 heteroatoms. The molecule has 8 bridgehead atoms. The van der Waals surface area contributed by atoms with E-state index >= 15 is 8.78 Å². The summed E-state index contributed by atoms with van der Waals surface area (Å²) in [4.78, 5) is 38.1. The molecule has 4 aliphatic rings. The van der Waals surface area contributed by atoms with Crippen LogP contribution in [0.5, 0.6) is 0 Å². The average molecular weight is 576 g/mol. The van der Waals surface area contributed by atoms with E-state index in [1.807, 2.05) is 6.92 Å². The lowest BCUT2D eigenvalue weighted by molar-refractivity contribution is -0.121. The summed E-state index contributed by atoms with van der Waals surface area (Å²) in [7, 11) is 0. The van der Waals surface area contributed by atoms with Crippen LogP contribution in [0.1, 0.15) is 67.6 Å². The Morgan fingerprint density at radius 1 is 1.12 bits per heavy atom. The van der Waals surface area contributed by atoms with Crippen LogP contribution < -0.4 is 16.2 Å². The zero-order valence-corrected chi connectivity index (χ0v) is 23.9. The van der Waals surface area contributed by atoms with E-state index < -0.39 is 22.9 Å². The van der Waals surface area contributed by atoms with Crippen molar-refractivity contribution in [1.29, 1.82) is 5.26 Å². The largest absolute Gasteiger partial charge is 0.363 e. The van der Waals surface area contributed by atoms with Crippen molar-refractivity contribution in [3.05, 3.63) is 63.2 Å².